The SMILES string of the molecule is O=C(Nc1ccccc1)C1CCN(S(=O)(=O)c2cccc3ncccc23)CC1. The summed E-state index contributed by atoms with van der Waals surface area (Å²) in [5, 5.41) is 3.53. The minimum atomic E-state index is -3.64. The molecule has 1 aliphatic rings. The number of aromatic nitrogens is 1. The molecule has 0 unspecified atom stereocenters. The Bertz CT molecular complexity index is 1090. The van der Waals surface area contributed by atoms with Crippen LogP contribution in [0.5, 0.6) is 0 Å². The molecule has 6 nitrogen and oxygen atoms in total. The third-order valence-electron chi connectivity index (χ3n) is 5.09. The molecule has 1 saturated heterocycles. The molecule has 1 fully saturated rings. The van der Waals surface area contributed by atoms with Crippen molar-refractivity contribution in [3.8, 4) is 0 Å². The van der Waals surface area contributed by atoms with Crippen LogP contribution < -0.4 is 5.32 Å². The van der Waals surface area contributed by atoms with E-state index in [0.29, 0.717) is 36.8 Å². The third kappa shape index (κ3) is 3.63. The Kier molecular flexibility index (Phi) is 5.11. The minimum absolute atomic E-state index is 0.0578. The van der Waals surface area contributed by atoms with Crippen LogP contribution in [0.4, 0.5) is 5.69 Å². The summed E-state index contributed by atoms with van der Waals surface area (Å²) in [6, 6.07) is 17.9. The van der Waals surface area contributed by atoms with E-state index in [9.17, 15) is 13.2 Å². The van der Waals surface area contributed by atoms with Crippen LogP contribution in [0.15, 0.2) is 71.8 Å². The van der Waals surface area contributed by atoms with Crippen molar-refractivity contribution in [2.24, 2.45) is 5.92 Å². The third-order valence-corrected chi connectivity index (χ3v) is 7.05. The van der Waals surface area contributed by atoms with Gasteiger partial charge in [0.25, 0.3) is 0 Å². The number of nitrogens with one attached hydrogen (secondary N) is 1. The smallest absolute Gasteiger partial charge is 0.243 e. The number of nitrogens with zero attached hydrogens (tertiary/aromatic N) is 2. The second-order valence-corrected chi connectivity index (χ2v) is 8.77. The fraction of sp³-hybridized carbons (Fsp3) is 0.238. The molecule has 1 aliphatic heterocycles. The number of amides is 1. The van der Waals surface area contributed by atoms with Crippen molar-refractivity contribution in [3.05, 3.63) is 66.9 Å². The molecule has 7 heteroatoms. The number of carbonyl (C=O) groups excluding carboxylic acids is 1. The summed E-state index contributed by atoms with van der Waals surface area (Å²) in [6.45, 7) is 0.651. The van der Waals surface area contributed by atoms with Crippen LogP contribution in [-0.2, 0) is 14.8 Å². The molecule has 4 rings (SSSR count). The highest BCUT2D eigenvalue weighted by molar-refractivity contribution is 7.89. The van der Waals surface area contributed by atoms with E-state index in [-0.39, 0.29) is 16.7 Å². The van der Waals surface area contributed by atoms with Crippen LogP contribution in [0.25, 0.3) is 10.9 Å². The summed E-state index contributed by atoms with van der Waals surface area (Å²) in [5.74, 6) is -0.251. The Hall–Kier alpha value is -2.77. The molecule has 1 amide bonds. The summed E-state index contributed by atoms with van der Waals surface area (Å²) < 4.78 is 27.8. The van der Waals surface area contributed by atoms with Crippen molar-refractivity contribution in [2.45, 2.75) is 17.7 Å². The van der Waals surface area contributed by atoms with Crippen LogP contribution in [0.3, 0.4) is 0 Å². The van der Waals surface area contributed by atoms with Crippen LogP contribution in [0, 0.1) is 5.92 Å². The number of anilines is 1. The molecule has 0 aliphatic carbocycles. The molecule has 0 radical (unpaired) electrons. The van der Waals surface area contributed by atoms with E-state index in [2.05, 4.69) is 10.3 Å². The number of sulfonamides is 1. The summed E-state index contributed by atoms with van der Waals surface area (Å²) in [5.41, 5.74) is 1.41. The Labute approximate surface area is 164 Å². The largest absolute Gasteiger partial charge is 0.326 e. The second-order valence-electron chi connectivity index (χ2n) is 6.86. The van der Waals surface area contributed by atoms with Crippen molar-refractivity contribution in [1.82, 2.24) is 9.29 Å². The van der Waals surface area contributed by atoms with Crippen LogP contribution in [0.2, 0.25) is 0 Å². The van der Waals surface area contributed by atoms with Gasteiger partial charge in [0.05, 0.1) is 10.4 Å². The molecule has 1 N–H and O–H groups in total. The summed E-state index contributed by atoms with van der Waals surface area (Å²) >= 11 is 0. The molecule has 1 aromatic heterocycles. The van der Waals surface area contributed by atoms with Crippen molar-refractivity contribution < 1.29 is 13.2 Å². The second kappa shape index (κ2) is 7.69. The van der Waals surface area contributed by atoms with E-state index in [1.807, 2.05) is 30.3 Å². The van der Waals surface area contributed by atoms with Gasteiger partial charge >= 0.3 is 0 Å². The first-order valence-corrected chi connectivity index (χ1v) is 10.7. The van der Waals surface area contributed by atoms with E-state index in [4.69, 9.17) is 0 Å². The van der Waals surface area contributed by atoms with Crippen LogP contribution in [-0.4, -0.2) is 36.7 Å². The molecule has 2 aromatic carbocycles. The maximum atomic E-state index is 13.2. The molecular weight excluding hydrogens is 374 g/mol. The van der Waals surface area contributed by atoms with Crippen molar-refractivity contribution in [2.75, 3.05) is 18.4 Å². The van der Waals surface area contributed by atoms with Crippen molar-refractivity contribution >= 4 is 32.5 Å². The highest BCUT2D eigenvalue weighted by atomic mass is 32.2. The molecular formula is C21H21N3O3S. The maximum Gasteiger partial charge on any atom is 0.243 e. The predicted molar refractivity (Wildman–Crippen MR) is 108 cm³/mol. The summed E-state index contributed by atoms with van der Waals surface area (Å²) in [7, 11) is -3.64. The van der Waals surface area contributed by atoms with E-state index in [1.165, 1.54) is 4.31 Å². The highest BCUT2D eigenvalue weighted by Gasteiger charge is 2.33. The predicted octanol–water partition coefficient (Wildman–Crippen LogP) is 3.27. The number of hydrogen-bond acceptors (Lipinski definition) is 4. The average molecular weight is 395 g/mol. The van der Waals surface area contributed by atoms with Gasteiger partial charge in [0.2, 0.25) is 15.9 Å². The molecule has 0 atom stereocenters. The van der Waals surface area contributed by atoms with E-state index < -0.39 is 10.0 Å². The zero-order chi connectivity index (χ0) is 19.6. The van der Waals surface area contributed by atoms with Gasteiger partial charge in [-0.15, -0.1) is 0 Å². The molecule has 144 valence electrons. The topological polar surface area (TPSA) is 79.4 Å². The Morgan fingerprint density at radius 1 is 0.964 bits per heavy atom. The highest BCUT2D eigenvalue weighted by Crippen LogP contribution is 2.28. The zero-order valence-corrected chi connectivity index (χ0v) is 16.1. The van der Waals surface area contributed by atoms with Gasteiger partial charge < -0.3 is 5.32 Å². The Morgan fingerprint density at radius 2 is 1.71 bits per heavy atom. The quantitative estimate of drug-likeness (QED) is 0.735. The van der Waals surface area contributed by atoms with Gasteiger partial charge in [-0.25, -0.2) is 8.42 Å². The van der Waals surface area contributed by atoms with Gasteiger partial charge in [0, 0.05) is 36.3 Å². The number of para-hydroxylation sites is 1. The van der Waals surface area contributed by atoms with Gasteiger partial charge in [-0.05, 0) is 49.2 Å². The minimum Gasteiger partial charge on any atom is -0.326 e. The Morgan fingerprint density at radius 3 is 2.46 bits per heavy atom. The van der Waals surface area contributed by atoms with Gasteiger partial charge in [-0.1, -0.05) is 24.3 Å². The van der Waals surface area contributed by atoms with E-state index in [0.717, 1.165) is 5.69 Å². The molecule has 28 heavy (non-hydrogen) atoms. The molecule has 2 heterocycles. The fourth-order valence-corrected chi connectivity index (χ4v) is 5.23. The monoisotopic (exact) mass is 395 g/mol. The summed E-state index contributed by atoms with van der Waals surface area (Å²) in [4.78, 5) is 17.0. The Balaban J connectivity index is 1.47. The lowest BCUT2D eigenvalue weighted by Crippen LogP contribution is -2.41. The number of rotatable bonds is 4. The zero-order valence-electron chi connectivity index (χ0n) is 15.3. The van der Waals surface area contributed by atoms with Gasteiger partial charge in [0.15, 0.2) is 0 Å². The molecule has 0 bridgehead atoms. The standard InChI is InChI=1S/C21H21N3O3S/c25-21(23-17-6-2-1-3-7-17)16-11-14-24(15-12-16)28(26,27)20-10-4-9-19-18(20)8-5-13-22-19/h1-10,13,16H,11-12,14-15H2,(H,23,25). The first kappa shape index (κ1) is 18.6. The average Bonchev–Trinajstić information content (AvgIpc) is 2.74. The van der Waals surface area contributed by atoms with Crippen molar-refractivity contribution in [3.63, 3.8) is 0 Å². The molecule has 3 aromatic rings. The molecule has 0 spiro atoms. The number of fused-ring (bicyclic) bond motifs is 1. The lowest BCUT2D eigenvalue weighted by Gasteiger charge is -2.30. The first-order valence-electron chi connectivity index (χ1n) is 9.25. The number of carbonyl (C=O) groups is 1. The fourth-order valence-electron chi connectivity index (χ4n) is 3.56. The van der Waals surface area contributed by atoms with Crippen molar-refractivity contribution in [1.29, 1.82) is 0 Å². The lowest BCUT2D eigenvalue weighted by atomic mass is 9.97. The van der Waals surface area contributed by atoms with Gasteiger partial charge in [-0.3, -0.25) is 9.78 Å². The first-order chi connectivity index (χ1) is 13.6. The summed E-state index contributed by atoms with van der Waals surface area (Å²) in [6.07, 6.45) is 2.65. The van der Waals surface area contributed by atoms with Crippen LogP contribution >= 0.6 is 0 Å². The van der Waals surface area contributed by atoms with Gasteiger partial charge in [0.1, 0.15) is 0 Å². The molecule has 0 saturated carbocycles. The maximum absolute atomic E-state index is 13.2. The lowest BCUT2D eigenvalue weighted by molar-refractivity contribution is -0.120. The number of hydrogen-bond donors (Lipinski definition) is 1. The number of piperidine rings is 1. The van der Waals surface area contributed by atoms with Gasteiger partial charge in [-0.2, -0.15) is 4.31 Å². The normalized spacial score (nSPS) is 16.1. The van der Waals surface area contributed by atoms with E-state index in [1.54, 1.807) is 36.5 Å². The number of benzene rings is 2. The van der Waals surface area contributed by atoms with E-state index >= 15 is 0 Å². The number of pyridine rings is 1. The van der Waals surface area contributed by atoms with Crippen LogP contribution in [0.1, 0.15) is 12.8 Å².